The molecule has 22 heavy (non-hydrogen) atoms. The first kappa shape index (κ1) is 15.3. The van der Waals surface area contributed by atoms with Gasteiger partial charge in [-0.15, -0.1) is 11.3 Å². The Kier molecular flexibility index (Phi) is 4.60. The summed E-state index contributed by atoms with van der Waals surface area (Å²) in [6.45, 7) is 3.24. The molecule has 2 aromatic rings. The third-order valence-corrected chi connectivity index (χ3v) is 5.36. The van der Waals surface area contributed by atoms with Gasteiger partial charge in [-0.3, -0.25) is 4.79 Å². The monoisotopic (exact) mass is 314 g/mol. The highest BCUT2D eigenvalue weighted by molar-refractivity contribution is 7.10. The lowest BCUT2D eigenvalue weighted by Gasteiger charge is -2.28. The molecule has 2 atom stereocenters. The zero-order chi connectivity index (χ0) is 15.5. The Morgan fingerprint density at radius 3 is 2.95 bits per heavy atom. The van der Waals surface area contributed by atoms with Crippen LogP contribution < -0.4 is 5.73 Å². The molecule has 1 fully saturated rings. The van der Waals surface area contributed by atoms with E-state index in [1.54, 1.807) is 11.3 Å². The van der Waals surface area contributed by atoms with Crippen molar-refractivity contribution in [1.29, 1.82) is 0 Å². The second kappa shape index (κ2) is 6.63. The summed E-state index contributed by atoms with van der Waals surface area (Å²) in [7, 11) is 0. The zero-order valence-corrected chi connectivity index (χ0v) is 13.7. The maximum Gasteiger partial charge on any atom is 0.231 e. The number of thiophene rings is 1. The van der Waals surface area contributed by atoms with Crippen LogP contribution >= 0.6 is 11.3 Å². The first-order valence-corrected chi connectivity index (χ1v) is 8.69. The van der Waals surface area contributed by atoms with Crippen molar-refractivity contribution in [2.24, 2.45) is 5.73 Å². The molecule has 2 N–H and O–H groups in total. The fourth-order valence-corrected chi connectivity index (χ4v) is 4.15. The third-order valence-electron chi connectivity index (χ3n) is 4.39. The molecule has 3 rings (SSSR count). The van der Waals surface area contributed by atoms with Gasteiger partial charge >= 0.3 is 0 Å². The van der Waals surface area contributed by atoms with E-state index in [-0.39, 0.29) is 17.9 Å². The first-order valence-electron chi connectivity index (χ1n) is 7.81. The SMILES string of the molecule is Cc1cccc(C(CN)C(=O)N2CCCC2c2cccs2)c1. The summed E-state index contributed by atoms with van der Waals surface area (Å²) in [6.07, 6.45) is 2.12. The van der Waals surface area contributed by atoms with Crippen molar-refractivity contribution in [3.05, 3.63) is 57.8 Å². The minimum atomic E-state index is -0.236. The number of hydrogen-bond donors (Lipinski definition) is 1. The summed E-state index contributed by atoms with van der Waals surface area (Å²) < 4.78 is 0. The van der Waals surface area contributed by atoms with E-state index >= 15 is 0 Å². The molecule has 0 saturated carbocycles. The van der Waals surface area contributed by atoms with Crippen LogP contribution in [0.1, 0.15) is 40.8 Å². The normalized spacial score (nSPS) is 19.4. The molecule has 1 aliphatic rings. The van der Waals surface area contributed by atoms with Crippen LogP contribution in [0.5, 0.6) is 0 Å². The van der Waals surface area contributed by atoms with Crippen LogP contribution in [0.3, 0.4) is 0 Å². The fourth-order valence-electron chi connectivity index (χ4n) is 3.27. The van der Waals surface area contributed by atoms with Gasteiger partial charge < -0.3 is 10.6 Å². The number of benzene rings is 1. The van der Waals surface area contributed by atoms with Crippen LogP contribution in [0.15, 0.2) is 41.8 Å². The second-order valence-corrected chi connectivity index (χ2v) is 6.89. The molecule has 0 radical (unpaired) electrons. The van der Waals surface area contributed by atoms with E-state index < -0.39 is 0 Å². The molecule has 1 aromatic heterocycles. The topological polar surface area (TPSA) is 46.3 Å². The maximum atomic E-state index is 13.0. The number of nitrogens with two attached hydrogens (primary N) is 1. The van der Waals surface area contributed by atoms with Crippen molar-refractivity contribution in [3.63, 3.8) is 0 Å². The number of aryl methyl sites for hydroxylation is 1. The van der Waals surface area contributed by atoms with Crippen LogP contribution in [0.4, 0.5) is 0 Å². The number of hydrogen-bond acceptors (Lipinski definition) is 3. The standard InChI is InChI=1S/C18H22N2OS/c1-13-5-2-6-14(11-13)15(12-19)18(21)20-9-3-7-16(20)17-8-4-10-22-17/h2,4-6,8,10-11,15-16H,3,7,9,12,19H2,1H3. The van der Waals surface area contributed by atoms with Crippen molar-refractivity contribution in [3.8, 4) is 0 Å². The summed E-state index contributed by atoms with van der Waals surface area (Å²) in [5.74, 6) is -0.0653. The van der Waals surface area contributed by atoms with Crippen molar-refractivity contribution in [1.82, 2.24) is 4.90 Å². The molecule has 116 valence electrons. The summed E-state index contributed by atoms with van der Waals surface area (Å²) >= 11 is 1.73. The van der Waals surface area contributed by atoms with Crippen LogP contribution in [0.2, 0.25) is 0 Å². The van der Waals surface area contributed by atoms with Gasteiger partial charge in [0.1, 0.15) is 0 Å². The summed E-state index contributed by atoms with van der Waals surface area (Å²) in [5, 5.41) is 2.08. The Bertz CT molecular complexity index is 638. The Labute approximate surface area is 135 Å². The lowest BCUT2D eigenvalue weighted by atomic mass is 9.95. The van der Waals surface area contributed by atoms with E-state index in [4.69, 9.17) is 5.73 Å². The van der Waals surface area contributed by atoms with Gasteiger partial charge in [0, 0.05) is 18.0 Å². The molecule has 0 aliphatic carbocycles. The fraction of sp³-hybridized carbons (Fsp3) is 0.389. The van der Waals surface area contributed by atoms with Crippen molar-refractivity contribution >= 4 is 17.2 Å². The van der Waals surface area contributed by atoms with E-state index in [0.29, 0.717) is 6.54 Å². The number of amides is 1. The molecule has 0 bridgehead atoms. The quantitative estimate of drug-likeness (QED) is 0.939. The van der Waals surface area contributed by atoms with Gasteiger partial charge in [-0.1, -0.05) is 35.9 Å². The van der Waals surface area contributed by atoms with E-state index in [1.807, 2.05) is 30.0 Å². The molecular formula is C18H22N2OS. The second-order valence-electron chi connectivity index (χ2n) is 5.91. The predicted molar refractivity (Wildman–Crippen MR) is 91.0 cm³/mol. The lowest BCUT2D eigenvalue weighted by molar-refractivity contribution is -0.133. The molecule has 3 nitrogen and oxygen atoms in total. The van der Waals surface area contributed by atoms with Crippen molar-refractivity contribution in [2.75, 3.05) is 13.1 Å². The molecule has 1 aromatic carbocycles. The van der Waals surface area contributed by atoms with Gasteiger partial charge in [0.05, 0.1) is 12.0 Å². The van der Waals surface area contributed by atoms with Crippen LogP contribution in [-0.4, -0.2) is 23.9 Å². The minimum absolute atomic E-state index is 0.170. The molecule has 1 saturated heterocycles. The summed E-state index contributed by atoms with van der Waals surface area (Å²) in [6, 6.07) is 12.6. The first-order chi connectivity index (χ1) is 10.7. The Morgan fingerprint density at radius 2 is 2.27 bits per heavy atom. The van der Waals surface area contributed by atoms with E-state index in [0.717, 1.165) is 24.9 Å². The van der Waals surface area contributed by atoms with Gasteiger partial charge in [-0.25, -0.2) is 0 Å². The smallest absolute Gasteiger partial charge is 0.231 e. The van der Waals surface area contributed by atoms with E-state index in [2.05, 4.69) is 23.6 Å². The van der Waals surface area contributed by atoms with Crippen LogP contribution in [0, 0.1) is 6.92 Å². The highest BCUT2D eigenvalue weighted by Crippen LogP contribution is 2.36. The predicted octanol–water partition coefficient (Wildman–Crippen LogP) is 3.46. The summed E-state index contributed by atoms with van der Waals surface area (Å²) in [5.41, 5.74) is 8.14. The van der Waals surface area contributed by atoms with Crippen molar-refractivity contribution in [2.45, 2.75) is 31.7 Å². The van der Waals surface area contributed by atoms with Gasteiger partial charge in [0.15, 0.2) is 0 Å². The molecule has 2 unspecified atom stereocenters. The Morgan fingerprint density at radius 1 is 1.41 bits per heavy atom. The lowest BCUT2D eigenvalue weighted by Crippen LogP contribution is -2.37. The van der Waals surface area contributed by atoms with Gasteiger partial charge in [0.25, 0.3) is 0 Å². The number of carbonyl (C=O) groups excluding carboxylic acids is 1. The van der Waals surface area contributed by atoms with Gasteiger partial charge in [0.2, 0.25) is 5.91 Å². The third kappa shape index (κ3) is 2.94. The molecule has 2 heterocycles. The van der Waals surface area contributed by atoms with E-state index in [1.165, 1.54) is 10.4 Å². The molecule has 1 amide bonds. The summed E-state index contributed by atoms with van der Waals surface area (Å²) in [4.78, 5) is 16.4. The highest BCUT2D eigenvalue weighted by Gasteiger charge is 2.34. The molecule has 1 aliphatic heterocycles. The molecule has 0 spiro atoms. The number of carbonyl (C=O) groups is 1. The van der Waals surface area contributed by atoms with Crippen molar-refractivity contribution < 1.29 is 4.79 Å². The zero-order valence-electron chi connectivity index (χ0n) is 12.9. The number of rotatable bonds is 4. The van der Waals surface area contributed by atoms with Gasteiger partial charge in [-0.05, 0) is 36.8 Å². The molecular weight excluding hydrogens is 292 g/mol. The minimum Gasteiger partial charge on any atom is -0.334 e. The van der Waals surface area contributed by atoms with Crippen LogP contribution in [0.25, 0.3) is 0 Å². The van der Waals surface area contributed by atoms with Crippen LogP contribution in [-0.2, 0) is 4.79 Å². The van der Waals surface area contributed by atoms with E-state index in [9.17, 15) is 4.79 Å². The number of nitrogens with zero attached hydrogens (tertiary/aromatic N) is 1. The van der Waals surface area contributed by atoms with Gasteiger partial charge in [-0.2, -0.15) is 0 Å². The largest absolute Gasteiger partial charge is 0.334 e. The number of likely N-dealkylation sites (tertiary alicyclic amines) is 1. The Balaban J connectivity index is 1.84. The highest BCUT2D eigenvalue weighted by atomic mass is 32.1. The maximum absolute atomic E-state index is 13.0. The average molecular weight is 314 g/mol. The average Bonchev–Trinajstić information content (AvgIpc) is 3.19. The Hall–Kier alpha value is -1.65. The molecule has 4 heteroatoms.